The zero-order valence-electron chi connectivity index (χ0n) is 26.7. The van der Waals surface area contributed by atoms with Gasteiger partial charge in [-0.15, -0.1) is 0 Å². The maximum absolute atomic E-state index is 10.4. The molecule has 50 heavy (non-hydrogen) atoms. The van der Waals surface area contributed by atoms with E-state index in [0.29, 0.717) is 16.8 Å². The number of aromatic nitrogens is 2. The Bertz CT molecular complexity index is 2900. The summed E-state index contributed by atoms with van der Waals surface area (Å²) in [7, 11) is 0. The lowest BCUT2D eigenvalue weighted by Gasteiger charge is -2.16. The summed E-state index contributed by atoms with van der Waals surface area (Å²) in [5.74, 6) is 0. The standard InChI is InChI=1S/C45H25N5/c1-48-34-20-21-35(45(26-34)50-43-13-7-4-10-38(43)39-24-29(27-46)14-22-44(39)50)31-17-15-30(16-18-31)32-19-23-40(33(25-32)28-47)49-41-11-5-2-8-36(41)37-9-3-6-12-42(37)49/h2-26H. The Balaban J connectivity index is 1.16. The minimum absolute atomic E-state index is 0.548. The van der Waals surface area contributed by atoms with E-state index in [1.165, 1.54) is 0 Å². The van der Waals surface area contributed by atoms with Crippen molar-refractivity contribution in [3.05, 3.63) is 174 Å². The predicted octanol–water partition coefficient (Wildman–Crippen LogP) is 11.5. The van der Waals surface area contributed by atoms with Crippen molar-refractivity contribution in [3.8, 4) is 45.8 Å². The molecule has 0 aliphatic heterocycles. The molecule has 0 N–H and O–H groups in total. The van der Waals surface area contributed by atoms with Crippen LogP contribution < -0.4 is 0 Å². The normalized spacial score (nSPS) is 11.1. The van der Waals surface area contributed by atoms with E-state index in [2.05, 4.69) is 92.8 Å². The lowest BCUT2D eigenvalue weighted by Crippen LogP contribution is -1.98. The molecule has 5 nitrogen and oxygen atoms in total. The number of fused-ring (bicyclic) bond motifs is 6. The predicted molar refractivity (Wildman–Crippen MR) is 202 cm³/mol. The molecule has 0 saturated carbocycles. The molecule has 5 heteroatoms. The summed E-state index contributed by atoms with van der Waals surface area (Å²) in [6, 6.07) is 55.6. The molecule has 0 aliphatic rings. The first-order valence-corrected chi connectivity index (χ1v) is 16.3. The van der Waals surface area contributed by atoms with Gasteiger partial charge in [0.15, 0.2) is 5.69 Å². The van der Waals surface area contributed by atoms with Crippen molar-refractivity contribution in [1.29, 1.82) is 10.5 Å². The van der Waals surface area contributed by atoms with E-state index in [9.17, 15) is 10.5 Å². The lowest BCUT2D eigenvalue weighted by molar-refractivity contribution is 1.17. The number of nitriles is 2. The van der Waals surface area contributed by atoms with Crippen molar-refractivity contribution in [2.24, 2.45) is 0 Å². The molecule has 2 aromatic heterocycles. The second-order valence-electron chi connectivity index (χ2n) is 12.3. The average Bonchev–Trinajstić information content (AvgIpc) is 3.70. The average molecular weight is 636 g/mol. The molecule has 7 aromatic carbocycles. The van der Waals surface area contributed by atoms with Gasteiger partial charge in [0.25, 0.3) is 0 Å². The first kappa shape index (κ1) is 28.8. The first-order valence-electron chi connectivity index (χ1n) is 16.3. The molecule has 0 atom stereocenters. The third-order valence-corrected chi connectivity index (χ3v) is 9.62. The number of rotatable bonds is 4. The maximum atomic E-state index is 10.4. The van der Waals surface area contributed by atoms with Crippen molar-refractivity contribution in [2.45, 2.75) is 0 Å². The summed E-state index contributed by atoms with van der Waals surface area (Å²) in [5, 5.41) is 24.3. The highest BCUT2D eigenvalue weighted by molar-refractivity contribution is 6.11. The molecular formula is C45H25N5. The summed E-state index contributed by atoms with van der Waals surface area (Å²) in [5.41, 5.74) is 11.5. The Hall–Kier alpha value is -7.39. The molecule has 9 aromatic rings. The maximum Gasteiger partial charge on any atom is 0.189 e. The van der Waals surface area contributed by atoms with Crippen LogP contribution in [0, 0.1) is 29.2 Å². The number of para-hydroxylation sites is 3. The Morgan fingerprint density at radius 3 is 1.64 bits per heavy atom. The summed E-state index contributed by atoms with van der Waals surface area (Å²) in [6.45, 7) is 7.77. The second kappa shape index (κ2) is 11.4. The van der Waals surface area contributed by atoms with Crippen molar-refractivity contribution in [1.82, 2.24) is 9.13 Å². The highest BCUT2D eigenvalue weighted by Crippen LogP contribution is 2.39. The van der Waals surface area contributed by atoms with Gasteiger partial charge in [-0.3, -0.25) is 0 Å². The van der Waals surface area contributed by atoms with Crippen LogP contribution in [0.4, 0.5) is 5.69 Å². The van der Waals surface area contributed by atoms with Crippen molar-refractivity contribution in [3.63, 3.8) is 0 Å². The van der Waals surface area contributed by atoms with E-state index < -0.39 is 0 Å². The SMILES string of the molecule is [C-]#[N+]c1ccc(-c2ccc(-c3ccc(-n4c5ccccc5c5ccccc54)c(C#N)c3)cc2)c(-n2c3ccccc3c3cc(C#N)ccc32)c1. The van der Waals surface area contributed by atoms with E-state index in [0.717, 1.165) is 77.2 Å². The van der Waals surface area contributed by atoms with Gasteiger partial charge in [0.2, 0.25) is 0 Å². The van der Waals surface area contributed by atoms with E-state index in [1.54, 1.807) is 0 Å². The smallest absolute Gasteiger partial charge is 0.189 e. The van der Waals surface area contributed by atoms with Gasteiger partial charge in [0, 0.05) is 32.8 Å². The minimum atomic E-state index is 0.548. The lowest BCUT2D eigenvalue weighted by atomic mass is 9.97. The minimum Gasteiger partial charge on any atom is -0.310 e. The highest BCUT2D eigenvalue weighted by atomic mass is 15.0. The molecule has 0 bridgehead atoms. The molecule has 0 amide bonds. The van der Waals surface area contributed by atoms with Crippen LogP contribution in [0.3, 0.4) is 0 Å². The summed E-state index contributed by atoms with van der Waals surface area (Å²) < 4.78 is 4.37. The molecule has 0 spiro atoms. The Labute approximate surface area is 288 Å². The van der Waals surface area contributed by atoms with Crippen molar-refractivity contribution in [2.75, 3.05) is 0 Å². The fraction of sp³-hybridized carbons (Fsp3) is 0. The van der Waals surface area contributed by atoms with Crippen LogP contribution in [0.15, 0.2) is 152 Å². The third kappa shape index (κ3) is 4.38. The molecule has 0 saturated heterocycles. The zero-order chi connectivity index (χ0) is 33.8. The van der Waals surface area contributed by atoms with Crippen LogP contribution in [-0.2, 0) is 0 Å². The molecule has 230 valence electrons. The van der Waals surface area contributed by atoms with Gasteiger partial charge < -0.3 is 9.13 Å². The monoisotopic (exact) mass is 635 g/mol. The molecular weight excluding hydrogens is 611 g/mol. The van der Waals surface area contributed by atoms with Crippen molar-refractivity contribution >= 4 is 49.3 Å². The van der Waals surface area contributed by atoms with Crippen LogP contribution >= 0.6 is 0 Å². The van der Waals surface area contributed by atoms with Crippen LogP contribution in [0.25, 0.3) is 82.1 Å². The van der Waals surface area contributed by atoms with Gasteiger partial charge in [-0.1, -0.05) is 97.1 Å². The van der Waals surface area contributed by atoms with Gasteiger partial charge in [0.1, 0.15) is 6.07 Å². The topological polar surface area (TPSA) is 61.8 Å². The number of hydrogen-bond acceptors (Lipinski definition) is 2. The molecule has 0 fully saturated rings. The summed E-state index contributed by atoms with van der Waals surface area (Å²) in [6.07, 6.45) is 0. The van der Waals surface area contributed by atoms with Gasteiger partial charge >= 0.3 is 0 Å². The van der Waals surface area contributed by atoms with Crippen molar-refractivity contribution < 1.29 is 0 Å². The molecule has 9 rings (SSSR count). The second-order valence-corrected chi connectivity index (χ2v) is 12.3. The van der Waals surface area contributed by atoms with Gasteiger partial charge in [-0.25, -0.2) is 4.85 Å². The quantitative estimate of drug-likeness (QED) is 0.181. The third-order valence-electron chi connectivity index (χ3n) is 9.62. The van der Waals surface area contributed by atoms with E-state index in [1.807, 2.05) is 84.9 Å². The molecule has 0 radical (unpaired) electrons. The van der Waals surface area contributed by atoms with Crippen LogP contribution in [-0.4, -0.2) is 9.13 Å². The highest BCUT2D eigenvalue weighted by Gasteiger charge is 2.18. The van der Waals surface area contributed by atoms with Crippen LogP contribution in [0.1, 0.15) is 11.1 Å². The summed E-state index contributed by atoms with van der Waals surface area (Å²) in [4.78, 5) is 3.76. The van der Waals surface area contributed by atoms with Gasteiger partial charge in [0.05, 0.1) is 51.5 Å². The Morgan fingerprint density at radius 1 is 0.460 bits per heavy atom. The fourth-order valence-electron chi connectivity index (χ4n) is 7.35. The van der Waals surface area contributed by atoms with Crippen LogP contribution in [0.5, 0.6) is 0 Å². The number of nitrogens with zero attached hydrogens (tertiary/aromatic N) is 5. The largest absolute Gasteiger partial charge is 0.310 e. The molecule has 0 aliphatic carbocycles. The van der Waals surface area contributed by atoms with E-state index in [4.69, 9.17) is 6.57 Å². The van der Waals surface area contributed by atoms with Gasteiger partial charge in [-0.05, 0) is 71.3 Å². The Morgan fingerprint density at radius 2 is 1.02 bits per heavy atom. The summed E-state index contributed by atoms with van der Waals surface area (Å²) >= 11 is 0. The first-order chi connectivity index (χ1) is 24.7. The van der Waals surface area contributed by atoms with E-state index in [-0.39, 0.29) is 0 Å². The fourth-order valence-corrected chi connectivity index (χ4v) is 7.35. The van der Waals surface area contributed by atoms with Gasteiger partial charge in [-0.2, -0.15) is 10.5 Å². The molecule has 0 unspecified atom stereocenters. The number of hydrogen-bond donors (Lipinski definition) is 0. The number of benzene rings is 7. The van der Waals surface area contributed by atoms with Crippen LogP contribution in [0.2, 0.25) is 0 Å². The van der Waals surface area contributed by atoms with E-state index >= 15 is 0 Å². The Kier molecular flexibility index (Phi) is 6.56. The molecule has 2 heterocycles. The zero-order valence-corrected chi connectivity index (χ0v) is 26.7.